The molecule has 0 radical (unpaired) electrons. The second kappa shape index (κ2) is 3.34. The van der Waals surface area contributed by atoms with Crippen molar-refractivity contribution in [1.82, 2.24) is 10.3 Å². The summed E-state index contributed by atoms with van der Waals surface area (Å²) in [5.74, 6) is 1.37. The Bertz CT molecular complexity index is 308. The highest BCUT2D eigenvalue weighted by Crippen LogP contribution is 2.23. The lowest BCUT2D eigenvalue weighted by molar-refractivity contribution is 0.392. The maximum Gasteiger partial charge on any atom is 0.213 e. The summed E-state index contributed by atoms with van der Waals surface area (Å²) in [5, 5.41) is 3.26. The summed E-state index contributed by atoms with van der Waals surface area (Å²) in [6, 6.07) is 4.16. The van der Waals surface area contributed by atoms with Gasteiger partial charge in [-0.15, -0.1) is 0 Å². The van der Waals surface area contributed by atoms with Gasteiger partial charge < -0.3 is 10.1 Å². The lowest BCUT2D eigenvalue weighted by atomic mass is 9.94. The van der Waals surface area contributed by atoms with E-state index >= 15 is 0 Å². The Balaban J connectivity index is 2.28. The van der Waals surface area contributed by atoms with E-state index in [4.69, 9.17) is 4.74 Å². The van der Waals surface area contributed by atoms with Gasteiger partial charge in [-0.05, 0) is 18.6 Å². The summed E-state index contributed by atoms with van der Waals surface area (Å²) in [5.41, 5.74) is 2.37. The SMILES string of the molecule is COc1cc(C2CNC2)cc(C)n1. The predicted molar refractivity (Wildman–Crippen MR) is 51.1 cm³/mol. The molecule has 3 nitrogen and oxygen atoms in total. The smallest absolute Gasteiger partial charge is 0.213 e. The van der Waals surface area contributed by atoms with Crippen LogP contribution in [0.1, 0.15) is 17.2 Å². The minimum atomic E-state index is 0.649. The van der Waals surface area contributed by atoms with E-state index < -0.39 is 0 Å². The number of hydrogen-bond acceptors (Lipinski definition) is 3. The molecule has 0 atom stereocenters. The molecule has 2 rings (SSSR count). The van der Waals surface area contributed by atoms with Crippen LogP contribution in [-0.4, -0.2) is 25.2 Å². The Morgan fingerprint density at radius 2 is 2.23 bits per heavy atom. The monoisotopic (exact) mass is 178 g/mol. The zero-order valence-corrected chi connectivity index (χ0v) is 8.00. The summed E-state index contributed by atoms with van der Waals surface area (Å²) >= 11 is 0. The van der Waals surface area contributed by atoms with Crippen LogP contribution >= 0.6 is 0 Å². The quantitative estimate of drug-likeness (QED) is 0.736. The maximum atomic E-state index is 5.12. The van der Waals surface area contributed by atoms with Crippen molar-refractivity contribution in [3.05, 3.63) is 23.4 Å². The highest BCUT2D eigenvalue weighted by molar-refractivity contribution is 5.29. The van der Waals surface area contributed by atoms with Crippen molar-refractivity contribution in [3.8, 4) is 5.88 Å². The highest BCUT2D eigenvalue weighted by atomic mass is 16.5. The van der Waals surface area contributed by atoms with Crippen LogP contribution < -0.4 is 10.1 Å². The van der Waals surface area contributed by atoms with Gasteiger partial charge in [0.15, 0.2) is 0 Å². The number of aryl methyl sites for hydroxylation is 1. The van der Waals surface area contributed by atoms with Crippen molar-refractivity contribution in [2.45, 2.75) is 12.8 Å². The average molecular weight is 178 g/mol. The summed E-state index contributed by atoms with van der Waals surface area (Å²) in [6.07, 6.45) is 0. The molecule has 0 aromatic carbocycles. The maximum absolute atomic E-state index is 5.12. The third-order valence-corrected chi connectivity index (χ3v) is 2.41. The number of ether oxygens (including phenoxy) is 1. The first-order valence-electron chi connectivity index (χ1n) is 4.53. The third-order valence-electron chi connectivity index (χ3n) is 2.41. The van der Waals surface area contributed by atoms with Gasteiger partial charge in [0.05, 0.1) is 7.11 Å². The molecule has 0 bridgehead atoms. The second-order valence-corrected chi connectivity index (χ2v) is 3.44. The topological polar surface area (TPSA) is 34.1 Å². The van der Waals surface area contributed by atoms with Crippen LogP contribution in [0.3, 0.4) is 0 Å². The van der Waals surface area contributed by atoms with E-state index in [0.29, 0.717) is 5.92 Å². The Morgan fingerprint density at radius 1 is 1.46 bits per heavy atom. The lowest BCUT2D eigenvalue weighted by Crippen LogP contribution is -2.39. The molecule has 1 aromatic heterocycles. The fraction of sp³-hybridized carbons (Fsp3) is 0.500. The van der Waals surface area contributed by atoms with E-state index in [1.807, 2.05) is 13.0 Å². The van der Waals surface area contributed by atoms with Crippen molar-refractivity contribution < 1.29 is 4.74 Å². The lowest BCUT2D eigenvalue weighted by Gasteiger charge is -2.27. The van der Waals surface area contributed by atoms with E-state index in [1.165, 1.54) is 5.56 Å². The molecule has 0 saturated carbocycles. The first-order valence-corrected chi connectivity index (χ1v) is 4.53. The van der Waals surface area contributed by atoms with Gasteiger partial charge in [-0.25, -0.2) is 4.98 Å². The van der Waals surface area contributed by atoms with E-state index in [9.17, 15) is 0 Å². The minimum Gasteiger partial charge on any atom is -0.481 e. The van der Waals surface area contributed by atoms with Gasteiger partial charge in [-0.2, -0.15) is 0 Å². The molecule has 0 unspecified atom stereocenters. The van der Waals surface area contributed by atoms with E-state index in [-0.39, 0.29) is 0 Å². The molecule has 1 aromatic rings. The van der Waals surface area contributed by atoms with Crippen molar-refractivity contribution in [3.63, 3.8) is 0 Å². The molecule has 0 amide bonds. The molecular weight excluding hydrogens is 164 g/mol. The Kier molecular flexibility index (Phi) is 2.19. The van der Waals surface area contributed by atoms with Gasteiger partial charge in [0.1, 0.15) is 0 Å². The summed E-state index contributed by atoms with van der Waals surface area (Å²) in [7, 11) is 1.66. The number of hydrogen-bond donors (Lipinski definition) is 1. The van der Waals surface area contributed by atoms with Crippen LogP contribution in [0.25, 0.3) is 0 Å². The average Bonchev–Trinajstić information content (AvgIpc) is 2.00. The van der Waals surface area contributed by atoms with Crippen molar-refractivity contribution >= 4 is 0 Å². The molecule has 1 N–H and O–H groups in total. The Hall–Kier alpha value is -1.09. The molecule has 0 aliphatic carbocycles. The summed E-state index contributed by atoms with van der Waals surface area (Å²) in [6.45, 7) is 4.15. The molecule has 70 valence electrons. The minimum absolute atomic E-state index is 0.649. The molecule has 13 heavy (non-hydrogen) atoms. The number of pyridine rings is 1. The van der Waals surface area contributed by atoms with Crippen LogP contribution in [0, 0.1) is 6.92 Å². The zero-order chi connectivity index (χ0) is 9.26. The number of methoxy groups -OCH3 is 1. The van der Waals surface area contributed by atoms with E-state index in [0.717, 1.165) is 24.7 Å². The fourth-order valence-electron chi connectivity index (χ4n) is 1.53. The third kappa shape index (κ3) is 1.65. The number of nitrogens with one attached hydrogen (secondary N) is 1. The number of nitrogens with zero attached hydrogens (tertiary/aromatic N) is 1. The largest absolute Gasteiger partial charge is 0.481 e. The van der Waals surface area contributed by atoms with Crippen LogP contribution in [0.2, 0.25) is 0 Å². The van der Waals surface area contributed by atoms with E-state index in [2.05, 4.69) is 16.4 Å². The van der Waals surface area contributed by atoms with Crippen molar-refractivity contribution in [2.75, 3.05) is 20.2 Å². The van der Waals surface area contributed by atoms with Gasteiger partial charge >= 0.3 is 0 Å². The summed E-state index contributed by atoms with van der Waals surface area (Å²) in [4.78, 5) is 4.25. The number of aromatic nitrogens is 1. The molecule has 1 aliphatic rings. The van der Waals surface area contributed by atoms with Crippen LogP contribution in [0.5, 0.6) is 5.88 Å². The molecule has 0 spiro atoms. The van der Waals surface area contributed by atoms with Crippen LogP contribution in [0.4, 0.5) is 0 Å². The molecule has 1 aliphatic heterocycles. The molecule has 2 heterocycles. The standard InChI is InChI=1S/C10H14N2O/c1-7-3-8(9-5-11-6-9)4-10(12-7)13-2/h3-4,9,11H,5-6H2,1-2H3. The van der Waals surface area contributed by atoms with Crippen molar-refractivity contribution in [1.29, 1.82) is 0 Å². The van der Waals surface area contributed by atoms with Gasteiger partial charge in [0.2, 0.25) is 5.88 Å². The first-order chi connectivity index (χ1) is 6.29. The second-order valence-electron chi connectivity index (χ2n) is 3.44. The fourth-order valence-corrected chi connectivity index (χ4v) is 1.53. The normalized spacial score (nSPS) is 16.8. The summed E-state index contributed by atoms with van der Waals surface area (Å²) < 4.78 is 5.12. The Morgan fingerprint density at radius 3 is 2.77 bits per heavy atom. The highest BCUT2D eigenvalue weighted by Gasteiger charge is 2.19. The van der Waals surface area contributed by atoms with Crippen LogP contribution in [-0.2, 0) is 0 Å². The van der Waals surface area contributed by atoms with Gasteiger partial charge in [-0.1, -0.05) is 0 Å². The number of rotatable bonds is 2. The van der Waals surface area contributed by atoms with Gasteiger partial charge in [0.25, 0.3) is 0 Å². The van der Waals surface area contributed by atoms with E-state index in [1.54, 1.807) is 7.11 Å². The molecular formula is C10H14N2O. The first kappa shape index (κ1) is 8.51. The molecule has 1 fully saturated rings. The molecule has 3 heteroatoms. The van der Waals surface area contributed by atoms with Gasteiger partial charge in [0, 0.05) is 30.8 Å². The Labute approximate surface area is 78.1 Å². The predicted octanol–water partition coefficient (Wildman–Crippen LogP) is 1.09. The van der Waals surface area contributed by atoms with Crippen LogP contribution in [0.15, 0.2) is 12.1 Å². The van der Waals surface area contributed by atoms with Crippen molar-refractivity contribution in [2.24, 2.45) is 0 Å². The van der Waals surface area contributed by atoms with Gasteiger partial charge in [-0.3, -0.25) is 0 Å². The zero-order valence-electron chi connectivity index (χ0n) is 8.00. The molecule has 1 saturated heterocycles.